The first-order valence-electron chi connectivity index (χ1n) is 8.76. The second kappa shape index (κ2) is 7.98. The molecule has 2 heterocycles. The van der Waals surface area contributed by atoms with E-state index >= 15 is 0 Å². The van der Waals surface area contributed by atoms with Crippen LogP contribution < -0.4 is 5.32 Å². The van der Waals surface area contributed by atoms with Crippen molar-refractivity contribution in [2.45, 2.75) is 18.9 Å². The number of nitrogens with one attached hydrogen (secondary N) is 1. The Bertz CT molecular complexity index is 857. The zero-order valence-corrected chi connectivity index (χ0v) is 15.1. The Balaban J connectivity index is 1.75. The summed E-state index contributed by atoms with van der Waals surface area (Å²) in [5.74, 6) is -0.247. The van der Waals surface area contributed by atoms with Gasteiger partial charge in [-0.25, -0.2) is 0 Å². The molecule has 0 bridgehead atoms. The van der Waals surface area contributed by atoms with E-state index in [4.69, 9.17) is 0 Å². The predicted molar refractivity (Wildman–Crippen MR) is 102 cm³/mol. The number of likely N-dealkylation sites (N-methyl/N-ethyl adjacent to an activating group) is 1. The van der Waals surface area contributed by atoms with Crippen molar-refractivity contribution in [2.24, 2.45) is 0 Å². The van der Waals surface area contributed by atoms with Crippen LogP contribution in [0.5, 0.6) is 0 Å². The number of para-hydroxylation sites is 1. The van der Waals surface area contributed by atoms with Crippen LogP contribution in [0, 0.1) is 11.3 Å². The third-order valence-electron chi connectivity index (χ3n) is 4.91. The molecule has 2 aromatic rings. The zero-order valence-electron chi connectivity index (χ0n) is 15.1. The number of anilines is 1. The van der Waals surface area contributed by atoms with E-state index < -0.39 is 0 Å². The van der Waals surface area contributed by atoms with Gasteiger partial charge in [0.05, 0.1) is 11.2 Å². The summed E-state index contributed by atoms with van der Waals surface area (Å²) in [5, 5.41) is 13.5. The fraction of sp³-hybridized carbons (Fsp3) is 0.350. The van der Waals surface area contributed by atoms with Gasteiger partial charge in [0.25, 0.3) is 5.91 Å². The largest absolute Gasteiger partial charge is 0.358 e. The molecule has 6 heteroatoms. The van der Waals surface area contributed by atoms with Crippen LogP contribution in [0.3, 0.4) is 0 Å². The first-order valence-corrected chi connectivity index (χ1v) is 8.76. The number of fused-ring (bicyclic) bond motifs is 1. The number of rotatable bonds is 4. The molecule has 1 fully saturated rings. The first-order chi connectivity index (χ1) is 12.6. The first kappa shape index (κ1) is 17.9. The summed E-state index contributed by atoms with van der Waals surface area (Å²) in [4.78, 5) is 21.0. The molecule has 0 atom stereocenters. The van der Waals surface area contributed by atoms with Crippen molar-refractivity contribution in [1.29, 1.82) is 5.26 Å². The van der Waals surface area contributed by atoms with Crippen LogP contribution in [-0.2, 0) is 4.79 Å². The number of hydrogen-bond donors (Lipinski definition) is 1. The number of carbonyl (C=O) groups excluding carboxylic acids is 1. The number of piperidine rings is 1. The Kier molecular flexibility index (Phi) is 5.49. The molecule has 0 spiro atoms. The third kappa shape index (κ3) is 3.84. The average Bonchev–Trinajstić information content (AvgIpc) is 2.68. The molecule has 1 N–H and O–H groups in total. The van der Waals surface area contributed by atoms with E-state index in [-0.39, 0.29) is 17.5 Å². The lowest BCUT2D eigenvalue weighted by molar-refractivity contribution is -0.128. The minimum Gasteiger partial charge on any atom is -0.358 e. The van der Waals surface area contributed by atoms with Gasteiger partial charge < -0.3 is 15.1 Å². The molecular weight excluding hydrogens is 326 g/mol. The number of pyridine rings is 1. The van der Waals surface area contributed by atoms with Crippen LogP contribution in [-0.4, -0.2) is 53.9 Å². The molecule has 1 aromatic heterocycles. The normalized spacial score (nSPS) is 16.3. The Hall–Kier alpha value is -2.91. The predicted octanol–water partition coefficient (Wildman–Crippen LogP) is 2.61. The lowest BCUT2D eigenvalue weighted by atomic mass is 10.0. The van der Waals surface area contributed by atoms with Crippen molar-refractivity contribution >= 4 is 22.5 Å². The summed E-state index contributed by atoms with van der Waals surface area (Å²) in [7, 11) is 3.86. The van der Waals surface area contributed by atoms with Crippen molar-refractivity contribution in [3.8, 4) is 6.07 Å². The fourth-order valence-electron chi connectivity index (χ4n) is 3.25. The van der Waals surface area contributed by atoms with Crippen molar-refractivity contribution in [1.82, 2.24) is 14.8 Å². The molecule has 0 saturated carbocycles. The Morgan fingerprint density at radius 2 is 2.08 bits per heavy atom. The van der Waals surface area contributed by atoms with Crippen LogP contribution in [0.4, 0.5) is 5.69 Å². The topological polar surface area (TPSA) is 72.3 Å². The van der Waals surface area contributed by atoms with E-state index in [9.17, 15) is 10.1 Å². The van der Waals surface area contributed by atoms with E-state index in [0.29, 0.717) is 0 Å². The fourth-order valence-corrected chi connectivity index (χ4v) is 3.25. The number of hydrogen-bond acceptors (Lipinski definition) is 5. The number of aromatic nitrogens is 1. The van der Waals surface area contributed by atoms with E-state index in [1.807, 2.05) is 36.4 Å². The molecule has 1 aliphatic rings. The maximum Gasteiger partial charge on any atom is 0.266 e. The lowest BCUT2D eigenvalue weighted by Gasteiger charge is -2.34. The average molecular weight is 349 g/mol. The molecule has 1 aromatic carbocycles. The number of benzene rings is 1. The van der Waals surface area contributed by atoms with Crippen molar-refractivity contribution in [3.63, 3.8) is 0 Å². The highest BCUT2D eigenvalue weighted by molar-refractivity contribution is 5.98. The Morgan fingerprint density at radius 3 is 2.81 bits per heavy atom. The maximum atomic E-state index is 12.7. The zero-order chi connectivity index (χ0) is 18.5. The van der Waals surface area contributed by atoms with Crippen molar-refractivity contribution in [2.75, 3.05) is 32.5 Å². The molecule has 1 aliphatic heterocycles. The summed E-state index contributed by atoms with van der Waals surface area (Å²) in [6.07, 6.45) is 5.06. The van der Waals surface area contributed by atoms with Gasteiger partial charge in [0.15, 0.2) is 0 Å². The highest BCUT2D eigenvalue weighted by atomic mass is 16.2. The molecule has 6 nitrogen and oxygen atoms in total. The number of nitriles is 1. The van der Waals surface area contributed by atoms with Crippen molar-refractivity contribution in [3.05, 3.63) is 48.3 Å². The summed E-state index contributed by atoms with van der Waals surface area (Å²) in [6, 6.07) is 11.8. The van der Waals surface area contributed by atoms with Gasteiger partial charge in [-0.05, 0) is 45.1 Å². The molecular formula is C20H23N5O. The SMILES string of the molecule is CN1CCC(N(C)C(=O)/C(C#N)=C\Nc2cccc3cccnc23)CC1. The van der Waals surface area contributed by atoms with Crippen LogP contribution in [0.2, 0.25) is 0 Å². The van der Waals surface area contributed by atoms with E-state index in [1.165, 1.54) is 6.20 Å². The standard InChI is InChI=1S/C20H23N5O/c1-24-11-8-17(9-12-24)25(2)20(26)16(13-21)14-23-18-7-3-5-15-6-4-10-22-19(15)18/h3-7,10,14,17,23H,8-9,11-12H2,1-2H3/b16-14-. The molecule has 1 saturated heterocycles. The molecule has 134 valence electrons. The van der Waals surface area contributed by atoms with Gasteiger partial charge in [-0.1, -0.05) is 18.2 Å². The third-order valence-corrected chi connectivity index (χ3v) is 4.91. The summed E-state index contributed by atoms with van der Waals surface area (Å²) < 4.78 is 0. The quantitative estimate of drug-likeness (QED) is 0.678. The van der Waals surface area contributed by atoms with Crippen LogP contribution in [0.1, 0.15) is 12.8 Å². The second-order valence-electron chi connectivity index (χ2n) is 6.65. The van der Waals surface area contributed by atoms with Crippen LogP contribution >= 0.6 is 0 Å². The van der Waals surface area contributed by atoms with Crippen LogP contribution in [0.25, 0.3) is 10.9 Å². The van der Waals surface area contributed by atoms with Gasteiger partial charge in [0.1, 0.15) is 11.6 Å². The highest BCUT2D eigenvalue weighted by Gasteiger charge is 2.25. The molecule has 26 heavy (non-hydrogen) atoms. The van der Waals surface area contributed by atoms with Gasteiger partial charge >= 0.3 is 0 Å². The maximum absolute atomic E-state index is 12.7. The monoisotopic (exact) mass is 349 g/mol. The number of nitrogens with zero attached hydrogens (tertiary/aromatic N) is 4. The highest BCUT2D eigenvalue weighted by Crippen LogP contribution is 2.21. The van der Waals surface area contributed by atoms with E-state index in [2.05, 4.69) is 22.2 Å². The minimum absolute atomic E-state index is 0.0966. The number of amides is 1. The van der Waals surface area contributed by atoms with Gasteiger partial charge in [-0.2, -0.15) is 5.26 Å². The summed E-state index contributed by atoms with van der Waals surface area (Å²) in [6.45, 7) is 1.93. The van der Waals surface area contributed by atoms with Gasteiger partial charge in [-0.15, -0.1) is 0 Å². The molecule has 0 unspecified atom stereocenters. The van der Waals surface area contributed by atoms with Crippen molar-refractivity contribution < 1.29 is 4.79 Å². The molecule has 0 aliphatic carbocycles. The molecule has 3 rings (SSSR count). The second-order valence-corrected chi connectivity index (χ2v) is 6.65. The van der Waals surface area contributed by atoms with E-state index in [0.717, 1.165) is 42.5 Å². The molecule has 1 amide bonds. The Morgan fingerprint density at radius 1 is 1.35 bits per heavy atom. The molecule has 0 radical (unpaired) electrons. The summed E-state index contributed by atoms with van der Waals surface area (Å²) >= 11 is 0. The summed E-state index contributed by atoms with van der Waals surface area (Å²) in [5.41, 5.74) is 1.67. The smallest absolute Gasteiger partial charge is 0.266 e. The van der Waals surface area contributed by atoms with E-state index in [1.54, 1.807) is 18.1 Å². The van der Waals surface area contributed by atoms with Gasteiger partial charge in [0, 0.05) is 30.9 Å². The van der Waals surface area contributed by atoms with Gasteiger partial charge in [0.2, 0.25) is 0 Å². The Labute approximate surface area is 153 Å². The lowest BCUT2D eigenvalue weighted by Crippen LogP contribution is -2.44. The number of likely N-dealkylation sites (tertiary alicyclic amines) is 1. The number of carbonyl (C=O) groups is 1. The minimum atomic E-state index is -0.247. The van der Waals surface area contributed by atoms with Gasteiger partial charge in [-0.3, -0.25) is 9.78 Å². The van der Waals surface area contributed by atoms with Crippen LogP contribution in [0.15, 0.2) is 48.3 Å².